The molecule has 18 heavy (non-hydrogen) atoms. The predicted molar refractivity (Wildman–Crippen MR) is 69.7 cm³/mol. The number of amides is 2. The van der Waals surface area contributed by atoms with Crippen LogP contribution in [0.25, 0.3) is 0 Å². The van der Waals surface area contributed by atoms with Gasteiger partial charge in [-0.3, -0.25) is 0 Å². The summed E-state index contributed by atoms with van der Waals surface area (Å²) in [5.74, 6) is 0.591. The van der Waals surface area contributed by atoms with Crippen LogP contribution >= 0.6 is 0 Å². The van der Waals surface area contributed by atoms with Crippen molar-refractivity contribution in [2.45, 2.75) is 26.8 Å². The minimum absolute atomic E-state index is 0.279. The van der Waals surface area contributed by atoms with Gasteiger partial charge in [-0.05, 0) is 49.6 Å². The van der Waals surface area contributed by atoms with E-state index < -0.39 is 0 Å². The number of rotatable bonds is 2. The highest BCUT2D eigenvalue weighted by Gasteiger charge is 2.33. The molecule has 0 aliphatic carbocycles. The Bertz CT molecular complexity index is 514. The molecule has 0 radical (unpaired) electrons. The molecule has 1 aliphatic heterocycles. The second-order valence-corrected chi connectivity index (χ2v) is 4.51. The molecule has 1 heterocycles. The van der Waals surface area contributed by atoms with E-state index >= 15 is 0 Å². The summed E-state index contributed by atoms with van der Waals surface area (Å²) in [6, 6.07) is 3.07. The SMILES string of the molecule is CCN1C(=O)N=C(N)C1c1cc(C)c(O)c(C)c1. The lowest BCUT2D eigenvalue weighted by atomic mass is 9.99. The Kier molecular flexibility index (Phi) is 2.98. The first-order valence-corrected chi connectivity index (χ1v) is 5.90. The van der Waals surface area contributed by atoms with Crippen molar-refractivity contribution in [2.75, 3.05) is 6.54 Å². The van der Waals surface area contributed by atoms with Crippen LogP contribution in [0.1, 0.15) is 29.7 Å². The molecular weight excluding hydrogens is 230 g/mol. The van der Waals surface area contributed by atoms with E-state index in [2.05, 4.69) is 4.99 Å². The molecule has 0 aromatic heterocycles. The number of hydrogen-bond donors (Lipinski definition) is 2. The molecule has 1 atom stereocenters. The number of carbonyl (C=O) groups excluding carboxylic acids is 1. The van der Waals surface area contributed by atoms with E-state index in [0.29, 0.717) is 12.4 Å². The second kappa shape index (κ2) is 4.33. The number of urea groups is 1. The van der Waals surface area contributed by atoms with Crippen molar-refractivity contribution in [1.82, 2.24) is 4.90 Å². The van der Waals surface area contributed by atoms with Gasteiger partial charge in [-0.2, -0.15) is 4.99 Å². The van der Waals surface area contributed by atoms with E-state index in [9.17, 15) is 9.90 Å². The number of amidine groups is 1. The zero-order valence-electron chi connectivity index (χ0n) is 10.8. The number of benzene rings is 1. The number of likely N-dealkylation sites (N-methyl/N-ethyl adjacent to an activating group) is 1. The van der Waals surface area contributed by atoms with E-state index in [0.717, 1.165) is 16.7 Å². The van der Waals surface area contributed by atoms with E-state index in [-0.39, 0.29) is 17.8 Å². The Hall–Kier alpha value is -2.04. The van der Waals surface area contributed by atoms with Gasteiger partial charge < -0.3 is 15.7 Å². The van der Waals surface area contributed by atoms with Crippen LogP contribution < -0.4 is 5.73 Å². The van der Waals surface area contributed by atoms with Gasteiger partial charge in [-0.25, -0.2) is 4.79 Å². The maximum absolute atomic E-state index is 11.6. The number of nitrogens with two attached hydrogens (primary N) is 1. The third-order valence-corrected chi connectivity index (χ3v) is 3.23. The molecule has 1 aliphatic rings. The number of aromatic hydroxyl groups is 1. The van der Waals surface area contributed by atoms with E-state index in [1.165, 1.54) is 0 Å². The van der Waals surface area contributed by atoms with Crippen LogP contribution in [-0.2, 0) is 0 Å². The minimum atomic E-state index is -0.319. The maximum Gasteiger partial charge on any atom is 0.346 e. The van der Waals surface area contributed by atoms with Gasteiger partial charge in [-0.1, -0.05) is 0 Å². The lowest BCUT2D eigenvalue weighted by Gasteiger charge is -2.23. The van der Waals surface area contributed by atoms with Crippen molar-refractivity contribution < 1.29 is 9.90 Å². The molecule has 0 spiro atoms. The molecule has 0 saturated carbocycles. The van der Waals surface area contributed by atoms with Crippen LogP contribution in [-0.4, -0.2) is 28.4 Å². The Morgan fingerprint density at radius 1 is 1.39 bits per heavy atom. The molecule has 5 heteroatoms. The van der Waals surface area contributed by atoms with Crippen molar-refractivity contribution in [3.05, 3.63) is 28.8 Å². The third kappa shape index (κ3) is 1.81. The fourth-order valence-corrected chi connectivity index (χ4v) is 2.32. The second-order valence-electron chi connectivity index (χ2n) is 4.51. The topological polar surface area (TPSA) is 78.9 Å². The fraction of sp³-hybridized carbons (Fsp3) is 0.385. The highest BCUT2D eigenvalue weighted by atomic mass is 16.3. The number of hydrogen-bond acceptors (Lipinski definition) is 3. The van der Waals surface area contributed by atoms with Gasteiger partial charge in [0.05, 0.1) is 0 Å². The molecule has 5 nitrogen and oxygen atoms in total. The third-order valence-electron chi connectivity index (χ3n) is 3.23. The first-order valence-electron chi connectivity index (χ1n) is 5.90. The smallest absolute Gasteiger partial charge is 0.346 e. The number of aliphatic imine (C=N–C) groups is 1. The lowest BCUT2D eigenvalue weighted by molar-refractivity contribution is 0.210. The standard InChI is InChI=1S/C13H17N3O2/c1-4-16-10(12(14)15-13(16)18)9-5-7(2)11(17)8(3)6-9/h5-6,10,17H,4H2,1-3H3,(H2,14,15,18). The summed E-state index contributed by atoms with van der Waals surface area (Å²) in [5, 5.41) is 9.77. The fourth-order valence-electron chi connectivity index (χ4n) is 2.32. The summed E-state index contributed by atoms with van der Waals surface area (Å²) < 4.78 is 0. The monoisotopic (exact) mass is 247 g/mol. The molecule has 2 amide bonds. The number of nitrogens with zero attached hydrogens (tertiary/aromatic N) is 2. The highest BCUT2D eigenvalue weighted by Crippen LogP contribution is 2.31. The molecule has 96 valence electrons. The Balaban J connectivity index is 2.49. The number of phenolic OH excluding ortho intramolecular Hbond substituents is 1. The molecule has 0 fully saturated rings. The van der Waals surface area contributed by atoms with Crippen LogP contribution in [0.15, 0.2) is 17.1 Å². The number of carbonyl (C=O) groups is 1. The van der Waals surface area contributed by atoms with Crippen LogP contribution in [0.2, 0.25) is 0 Å². The first kappa shape index (κ1) is 12.4. The van der Waals surface area contributed by atoms with Crippen LogP contribution in [0.4, 0.5) is 4.79 Å². The zero-order valence-corrected chi connectivity index (χ0v) is 10.8. The maximum atomic E-state index is 11.6. The van der Waals surface area contributed by atoms with Crippen molar-refractivity contribution in [3.63, 3.8) is 0 Å². The van der Waals surface area contributed by atoms with Gasteiger partial charge in [0.25, 0.3) is 0 Å². The largest absolute Gasteiger partial charge is 0.507 e. The summed E-state index contributed by atoms with van der Waals surface area (Å²) in [6.45, 7) is 6.09. The van der Waals surface area contributed by atoms with Gasteiger partial charge in [-0.15, -0.1) is 0 Å². The Morgan fingerprint density at radius 3 is 2.44 bits per heavy atom. The summed E-state index contributed by atoms with van der Waals surface area (Å²) >= 11 is 0. The Morgan fingerprint density at radius 2 is 1.94 bits per heavy atom. The average molecular weight is 247 g/mol. The normalized spacial score (nSPS) is 19.3. The van der Waals surface area contributed by atoms with Gasteiger partial charge in [0, 0.05) is 6.54 Å². The summed E-state index contributed by atoms with van der Waals surface area (Å²) in [5.41, 5.74) is 8.26. The first-order chi connectivity index (χ1) is 8.45. The molecule has 2 rings (SSSR count). The van der Waals surface area contributed by atoms with Crippen LogP contribution in [0.3, 0.4) is 0 Å². The van der Waals surface area contributed by atoms with Crippen molar-refractivity contribution in [1.29, 1.82) is 0 Å². The van der Waals surface area contributed by atoms with Crippen LogP contribution in [0, 0.1) is 13.8 Å². The molecule has 0 bridgehead atoms. The molecule has 1 aromatic carbocycles. The summed E-state index contributed by atoms with van der Waals surface area (Å²) in [4.78, 5) is 17.1. The number of phenols is 1. The average Bonchev–Trinajstić information content (AvgIpc) is 2.59. The molecule has 3 N–H and O–H groups in total. The predicted octanol–water partition coefficient (Wildman–Crippen LogP) is 1.86. The van der Waals surface area contributed by atoms with E-state index in [4.69, 9.17) is 5.73 Å². The van der Waals surface area contributed by atoms with Crippen molar-refractivity contribution in [3.8, 4) is 5.75 Å². The van der Waals surface area contributed by atoms with Crippen molar-refractivity contribution in [2.24, 2.45) is 10.7 Å². The van der Waals surface area contributed by atoms with Gasteiger partial charge in [0.15, 0.2) is 0 Å². The van der Waals surface area contributed by atoms with E-state index in [1.807, 2.05) is 32.9 Å². The molecular formula is C13H17N3O2. The number of aryl methyl sites for hydroxylation is 2. The summed E-state index contributed by atoms with van der Waals surface area (Å²) in [6.07, 6.45) is 0. The summed E-state index contributed by atoms with van der Waals surface area (Å²) in [7, 11) is 0. The van der Waals surface area contributed by atoms with Gasteiger partial charge in [0.2, 0.25) is 0 Å². The highest BCUT2D eigenvalue weighted by molar-refractivity contribution is 6.03. The van der Waals surface area contributed by atoms with Gasteiger partial charge in [0.1, 0.15) is 17.6 Å². The van der Waals surface area contributed by atoms with Gasteiger partial charge >= 0.3 is 6.03 Å². The lowest BCUT2D eigenvalue weighted by Crippen LogP contribution is -2.33. The minimum Gasteiger partial charge on any atom is -0.507 e. The van der Waals surface area contributed by atoms with Crippen molar-refractivity contribution >= 4 is 11.9 Å². The zero-order chi connectivity index (χ0) is 13.4. The molecule has 1 unspecified atom stereocenters. The Labute approximate surface area is 106 Å². The van der Waals surface area contributed by atoms with E-state index in [1.54, 1.807) is 4.90 Å². The van der Waals surface area contributed by atoms with Crippen LogP contribution in [0.5, 0.6) is 5.75 Å². The molecule has 1 aromatic rings. The quantitative estimate of drug-likeness (QED) is 0.837. The molecule has 0 saturated heterocycles.